The largest absolute Gasteiger partial charge is 0.393 e. The summed E-state index contributed by atoms with van der Waals surface area (Å²) in [5, 5.41) is 21.4. The van der Waals surface area contributed by atoms with Gasteiger partial charge in [0.2, 0.25) is 0 Å². The predicted octanol–water partition coefficient (Wildman–Crippen LogP) is 2.69. The molecule has 3 nitrogen and oxygen atoms in total. The topological polar surface area (TPSA) is 66.5 Å². The first-order valence-corrected chi connectivity index (χ1v) is 9.48. The van der Waals surface area contributed by atoms with Crippen LogP contribution >= 0.6 is 0 Å². The lowest BCUT2D eigenvalue weighted by atomic mass is 9.44. The van der Waals surface area contributed by atoms with Gasteiger partial charge in [-0.3, -0.25) is 0 Å². The molecular formula is C19H33NO2. The van der Waals surface area contributed by atoms with Crippen LogP contribution in [0.3, 0.4) is 0 Å². The average molecular weight is 307 g/mol. The van der Waals surface area contributed by atoms with Crippen LogP contribution in [0.4, 0.5) is 0 Å². The highest BCUT2D eigenvalue weighted by Gasteiger charge is 2.61. The van der Waals surface area contributed by atoms with Crippen molar-refractivity contribution in [3.63, 3.8) is 0 Å². The number of hydrogen-bond donors (Lipinski definition) is 3. The predicted molar refractivity (Wildman–Crippen MR) is 87.1 cm³/mol. The minimum atomic E-state index is -0.183. The van der Waals surface area contributed by atoms with Crippen molar-refractivity contribution in [2.45, 2.75) is 83.5 Å². The maximum atomic E-state index is 10.9. The minimum absolute atomic E-state index is 0.106. The first kappa shape index (κ1) is 15.4. The molecule has 0 spiro atoms. The molecule has 9 atom stereocenters. The van der Waals surface area contributed by atoms with Crippen LogP contribution in [0.2, 0.25) is 0 Å². The monoisotopic (exact) mass is 307 g/mol. The molecule has 4 N–H and O–H groups in total. The van der Waals surface area contributed by atoms with E-state index in [0.717, 1.165) is 38.0 Å². The van der Waals surface area contributed by atoms with E-state index in [0.29, 0.717) is 17.8 Å². The van der Waals surface area contributed by atoms with Crippen molar-refractivity contribution >= 4 is 0 Å². The van der Waals surface area contributed by atoms with Crippen molar-refractivity contribution < 1.29 is 10.2 Å². The summed E-state index contributed by atoms with van der Waals surface area (Å²) in [4.78, 5) is 0. The molecule has 0 saturated heterocycles. The normalized spacial score (nSPS) is 61.2. The van der Waals surface area contributed by atoms with Crippen LogP contribution in [0.5, 0.6) is 0 Å². The summed E-state index contributed by atoms with van der Waals surface area (Å²) in [6.07, 6.45) is 8.48. The Morgan fingerprint density at radius 3 is 2.27 bits per heavy atom. The summed E-state index contributed by atoms with van der Waals surface area (Å²) < 4.78 is 0. The van der Waals surface area contributed by atoms with Crippen molar-refractivity contribution in [3.8, 4) is 0 Å². The quantitative estimate of drug-likeness (QED) is 0.644. The van der Waals surface area contributed by atoms with Gasteiger partial charge in [-0.15, -0.1) is 0 Å². The molecule has 4 saturated carbocycles. The molecule has 3 heteroatoms. The molecule has 0 aromatic carbocycles. The van der Waals surface area contributed by atoms with Crippen molar-refractivity contribution in [2.24, 2.45) is 40.2 Å². The molecule has 126 valence electrons. The third-order valence-electron chi connectivity index (χ3n) is 8.67. The van der Waals surface area contributed by atoms with E-state index >= 15 is 0 Å². The van der Waals surface area contributed by atoms with Crippen LogP contribution in [0.1, 0.15) is 65.2 Å². The van der Waals surface area contributed by atoms with Crippen LogP contribution in [-0.2, 0) is 0 Å². The van der Waals surface area contributed by atoms with E-state index in [9.17, 15) is 10.2 Å². The van der Waals surface area contributed by atoms with Gasteiger partial charge in [0.1, 0.15) is 0 Å². The van der Waals surface area contributed by atoms with E-state index in [1.54, 1.807) is 0 Å². The van der Waals surface area contributed by atoms with E-state index in [-0.39, 0.29) is 29.1 Å². The third kappa shape index (κ3) is 1.91. The smallest absolute Gasteiger partial charge is 0.0596 e. The van der Waals surface area contributed by atoms with Gasteiger partial charge in [-0.2, -0.15) is 0 Å². The Bertz CT molecular complexity index is 455. The fourth-order valence-electron chi connectivity index (χ4n) is 7.30. The highest BCUT2D eigenvalue weighted by atomic mass is 16.3. The van der Waals surface area contributed by atoms with Gasteiger partial charge in [0.15, 0.2) is 0 Å². The van der Waals surface area contributed by atoms with Crippen LogP contribution in [0, 0.1) is 34.5 Å². The van der Waals surface area contributed by atoms with Crippen molar-refractivity contribution in [2.75, 3.05) is 0 Å². The molecule has 4 aliphatic rings. The van der Waals surface area contributed by atoms with E-state index in [1.165, 1.54) is 19.3 Å². The summed E-state index contributed by atoms with van der Waals surface area (Å²) in [6.45, 7) is 4.75. The number of aliphatic hydroxyl groups excluding tert-OH is 2. The van der Waals surface area contributed by atoms with Crippen molar-refractivity contribution in [3.05, 3.63) is 0 Å². The Kier molecular flexibility index (Phi) is 3.46. The van der Waals surface area contributed by atoms with Crippen LogP contribution in [0.15, 0.2) is 0 Å². The van der Waals surface area contributed by atoms with E-state index in [1.807, 2.05) is 0 Å². The summed E-state index contributed by atoms with van der Waals surface area (Å²) in [5.74, 6) is 2.36. The Balaban J connectivity index is 1.66. The molecule has 0 amide bonds. The van der Waals surface area contributed by atoms with Gasteiger partial charge in [0.25, 0.3) is 0 Å². The summed E-state index contributed by atoms with van der Waals surface area (Å²) in [5.41, 5.74) is 6.59. The minimum Gasteiger partial charge on any atom is -0.393 e. The van der Waals surface area contributed by atoms with Gasteiger partial charge in [-0.05, 0) is 85.9 Å². The Hall–Kier alpha value is -0.120. The number of hydrogen-bond acceptors (Lipinski definition) is 3. The standard InChI is InChI=1S/C19H33NO2/c1-18-7-5-11(20)9-15(18)16(21)10-12-13-3-4-17(22)19(13,2)8-6-14(12)18/h11-17,21-22H,3-10,20H2,1-2H3/t11-,12-,13-,14-,15?,16-,17-,18+,19-/m0/s1. The second kappa shape index (κ2) is 4.94. The van der Waals surface area contributed by atoms with Gasteiger partial charge in [0.05, 0.1) is 12.2 Å². The molecule has 0 radical (unpaired) electrons. The van der Waals surface area contributed by atoms with E-state index in [4.69, 9.17) is 5.73 Å². The molecule has 22 heavy (non-hydrogen) atoms. The summed E-state index contributed by atoms with van der Waals surface area (Å²) >= 11 is 0. The molecule has 4 fully saturated rings. The zero-order chi connectivity index (χ0) is 15.7. The molecule has 0 heterocycles. The summed E-state index contributed by atoms with van der Waals surface area (Å²) in [6, 6.07) is 0.284. The lowest BCUT2D eigenvalue weighted by Gasteiger charge is -2.62. The number of fused-ring (bicyclic) bond motifs is 5. The van der Waals surface area contributed by atoms with Gasteiger partial charge < -0.3 is 15.9 Å². The maximum absolute atomic E-state index is 10.9. The Labute approximate surface area is 134 Å². The fraction of sp³-hybridized carbons (Fsp3) is 1.00. The lowest BCUT2D eigenvalue weighted by Crippen LogP contribution is -2.59. The van der Waals surface area contributed by atoms with Crippen molar-refractivity contribution in [1.82, 2.24) is 0 Å². The van der Waals surface area contributed by atoms with Crippen molar-refractivity contribution in [1.29, 1.82) is 0 Å². The molecule has 0 bridgehead atoms. The average Bonchev–Trinajstić information content (AvgIpc) is 2.77. The SMILES string of the molecule is C[C@]12CC[C@H]3[C@@H](C[C@H](O)C4C[C@@H](N)CC[C@@]43C)[C@@H]1CC[C@@H]2O. The zero-order valence-electron chi connectivity index (χ0n) is 14.2. The highest BCUT2D eigenvalue weighted by molar-refractivity contribution is 5.11. The zero-order valence-corrected chi connectivity index (χ0v) is 14.2. The molecule has 0 aromatic rings. The third-order valence-corrected chi connectivity index (χ3v) is 8.67. The molecule has 4 aliphatic carbocycles. The summed E-state index contributed by atoms with van der Waals surface area (Å²) in [7, 11) is 0. The highest BCUT2D eigenvalue weighted by Crippen LogP contribution is 2.66. The lowest BCUT2D eigenvalue weighted by molar-refractivity contribution is -0.164. The van der Waals surface area contributed by atoms with Gasteiger partial charge in [-0.25, -0.2) is 0 Å². The Morgan fingerprint density at radius 2 is 1.50 bits per heavy atom. The first-order chi connectivity index (χ1) is 10.4. The van der Waals surface area contributed by atoms with Gasteiger partial charge in [0, 0.05) is 6.04 Å². The molecule has 0 aliphatic heterocycles. The van der Waals surface area contributed by atoms with Gasteiger partial charge in [-0.1, -0.05) is 13.8 Å². The van der Waals surface area contributed by atoms with E-state index < -0.39 is 0 Å². The van der Waals surface area contributed by atoms with Crippen LogP contribution in [-0.4, -0.2) is 28.5 Å². The molecular weight excluding hydrogens is 274 g/mol. The Morgan fingerprint density at radius 1 is 0.818 bits per heavy atom. The second-order valence-corrected chi connectivity index (χ2v) is 9.46. The van der Waals surface area contributed by atoms with E-state index in [2.05, 4.69) is 13.8 Å². The van der Waals surface area contributed by atoms with Crippen LogP contribution < -0.4 is 5.73 Å². The second-order valence-electron chi connectivity index (χ2n) is 9.46. The number of aliphatic hydroxyl groups is 2. The molecule has 0 aromatic heterocycles. The molecule has 4 rings (SSSR count). The van der Waals surface area contributed by atoms with Gasteiger partial charge >= 0.3 is 0 Å². The number of rotatable bonds is 0. The number of nitrogens with two attached hydrogens (primary N) is 1. The first-order valence-electron chi connectivity index (χ1n) is 9.48. The molecule has 1 unspecified atom stereocenters. The maximum Gasteiger partial charge on any atom is 0.0596 e. The fourth-order valence-corrected chi connectivity index (χ4v) is 7.30. The van der Waals surface area contributed by atoms with Crippen LogP contribution in [0.25, 0.3) is 0 Å².